The van der Waals surface area contributed by atoms with Gasteiger partial charge in [0.2, 0.25) is 5.88 Å². The summed E-state index contributed by atoms with van der Waals surface area (Å²) in [6.07, 6.45) is 0. The molecule has 0 aliphatic carbocycles. The fourth-order valence-corrected chi connectivity index (χ4v) is 2.97. The minimum atomic E-state index is -1.02. The second-order valence-corrected chi connectivity index (χ2v) is 5.75. The summed E-state index contributed by atoms with van der Waals surface area (Å²) >= 11 is 0. The summed E-state index contributed by atoms with van der Waals surface area (Å²) < 4.78 is 26.2. The average molecular weight is 344 g/mol. The number of nitrogens with zero attached hydrogens (tertiary/aromatic N) is 1. The van der Waals surface area contributed by atoms with Gasteiger partial charge in [-0.2, -0.15) is 0 Å². The van der Waals surface area contributed by atoms with Crippen molar-refractivity contribution in [1.82, 2.24) is 4.57 Å². The number of aryl methyl sites for hydroxylation is 1. The van der Waals surface area contributed by atoms with E-state index in [9.17, 15) is 14.0 Å². The smallest absolute Gasteiger partial charge is 0.340 e. The molecule has 1 aliphatic rings. The molecule has 0 fully saturated rings. The zero-order chi connectivity index (χ0) is 18.3. The van der Waals surface area contributed by atoms with Crippen LogP contribution in [0.2, 0.25) is 0 Å². The van der Waals surface area contributed by atoms with Gasteiger partial charge in [0, 0.05) is 24.4 Å². The molecule has 6 nitrogen and oxygen atoms in total. The molecule has 2 aromatic rings. The maximum atomic E-state index is 14.5. The van der Waals surface area contributed by atoms with Gasteiger partial charge in [0.05, 0.1) is 18.6 Å². The number of aromatic nitrogens is 1. The van der Waals surface area contributed by atoms with Gasteiger partial charge in [-0.1, -0.05) is 18.2 Å². The Morgan fingerprint density at radius 1 is 1.36 bits per heavy atom. The Balaban J connectivity index is 2.39. The highest BCUT2D eigenvalue weighted by molar-refractivity contribution is 5.92. The third-order valence-electron chi connectivity index (χ3n) is 4.35. The minimum absolute atomic E-state index is 0.0962. The first-order chi connectivity index (χ1) is 11.9. The van der Waals surface area contributed by atoms with Gasteiger partial charge in [0.15, 0.2) is 0 Å². The van der Waals surface area contributed by atoms with Crippen molar-refractivity contribution in [2.45, 2.75) is 12.8 Å². The molecule has 7 heteroatoms. The number of hydrogen-bond acceptors (Lipinski definition) is 5. The Labute approximate surface area is 143 Å². The lowest BCUT2D eigenvalue weighted by molar-refractivity contribution is -0.136. The van der Waals surface area contributed by atoms with Gasteiger partial charge in [-0.15, -0.1) is 0 Å². The number of pyridine rings is 1. The van der Waals surface area contributed by atoms with Gasteiger partial charge in [-0.25, -0.2) is 9.18 Å². The Morgan fingerprint density at radius 3 is 2.68 bits per heavy atom. The highest BCUT2D eigenvalue weighted by atomic mass is 19.1. The van der Waals surface area contributed by atoms with Crippen molar-refractivity contribution in [3.8, 4) is 5.75 Å². The number of hydrogen-bond donors (Lipinski definition) is 1. The number of benzene rings is 1. The summed E-state index contributed by atoms with van der Waals surface area (Å²) in [6, 6.07) is 7.54. The summed E-state index contributed by atoms with van der Waals surface area (Å²) in [5.74, 6) is -2.35. The van der Waals surface area contributed by atoms with Gasteiger partial charge in [0.1, 0.15) is 17.1 Å². The van der Waals surface area contributed by atoms with Gasteiger partial charge in [-0.05, 0) is 13.0 Å². The standard InChI is InChI=1S/C18H17FN2O4/c1-9-8-12-14(17(22)21(9)2)13(10-6-4-5-7-11(10)19)15(16(20)25-12)18(23)24-3/h4-8,13H,20H2,1-3H3/t13-/m1/s1. The Hall–Kier alpha value is -3.09. The summed E-state index contributed by atoms with van der Waals surface area (Å²) in [5, 5.41) is 0. The molecule has 0 spiro atoms. The third-order valence-corrected chi connectivity index (χ3v) is 4.35. The second-order valence-electron chi connectivity index (χ2n) is 5.75. The first kappa shape index (κ1) is 16.8. The maximum absolute atomic E-state index is 14.5. The molecular weight excluding hydrogens is 327 g/mol. The Morgan fingerprint density at radius 2 is 2.04 bits per heavy atom. The van der Waals surface area contributed by atoms with E-state index in [-0.39, 0.29) is 28.3 Å². The van der Waals surface area contributed by atoms with Crippen LogP contribution in [0.15, 0.2) is 46.6 Å². The van der Waals surface area contributed by atoms with Crippen LogP contribution in [0.1, 0.15) is 22.7 Å². The molecule has 3 rings (SSSR count). The average Bonchev–Trinajstić information content (AvgIpc) is 2.58. The fourth-order valence-electron chi connectivity index (χ4n) is 2.97. The van der Waals surface area contributed by atoms with Crippen molar-refractivity contribution < 1.29 is 18.7 Å². The molecule has 2 N–H and O–H groups in total. The first-order valence-corrected chi connectivity index (χ1v) is 7.57. The van der Waals surface area contributed by atoms with Crippen molar-refractivity contribution >= 4 is 5.97 Å². The molecular formula is C18H17FN2O4. The normalized spacial score (nSPS) is 16.2. The number of carbonyl (C=O) groups is 1. The predicted octanol–water partition coefficient (Wildman–Crippen LogP) is 1.70. The lowest BCUT2D eigenvalue weighted by Gasteiger charge is -2.28. The second kappa shape index (κ2) is 6.08. The number of ether oxygens (including phenoxy) is 2. The molecule has 1 aromatic carbocycles. The summed E-state index contributed by atoms with van der Waals surface area (Å²) in [6.45, 7) is 1.73. The van der Waals surface area contributed by atoms with Crippen LogP contribution in [0.5, 0.6) is 5.75 Å². The fraction of sp³-hybridized carbons (Fsp3) is 0.222. The number of methoxy groups -OCH3 is 1. The first-order valence-electron chi connectivity index (χ1n) is 7.57. The Bertz CT molecular complexity index is 962. The predicted molar refractivity (Wildman–Crippen MR) is 88.5 cm³/mol. The van der Waals surface area contributed by atoms with E-state index in [0.717, 1.165) is 0 Å². The van der Waals surface area contributed by atoms with E-state index in [1.165, 1.54) is 29.9 Å². The molecule has 1 atom stereocenters. The molecule has 0 radical (unpaired) electrons. The molecule has 0 bridgehead atoms. The molecule has 25 heavy (non-hydrogen) atoms. The topological polar surface area (TPSA) is 83.5 Å². The van der Waals surface area contributed by atoms with Crippen molar-refractivity contribution in [2.24, 2.45) is 12.8 Å². The SMILES string of the molecule is COC(=O)C1=C(N)Oc2cc(C)n(C)c(=O)c2[C@H]1c1ccccc1F. The van der Waals surface area contributed by atoms with Crippen LogP contribution in [0.4, 0.5) is 4.39 Å². The minimum Gasteiger partial charge on any atom is -0.465 e. The summed E-state index contributed by atoms with van der Waals surface area (Å²) in [4.78, 5) is 25.1. The summed E-state index contributed by atoms with van der Waals surface area (Å²) in [5.41, 5.74) is 6.36. The highest BCUT2D eigenvalue weighted by Gasteiger charge is 2.39. The van der Waals surface area contributed by atoms with E-state index in [2.05, 4.69) is 0 Å². The molecule has 2 heterocycles. The van der Waals surface area contributed by atoms with Crippen molar-refractivity contribution in [2.75, 3.05) is 7.11 Å². The largest absolute Gasteiger partial charge is 0.465 e. The Kier molecular flexibility index (Phi) is 4.08. The number of fused-ring (bicyclic) bond motifs is 1. The molecule has 0 saturated heterocycles. The van der Waals surface area contributed by atoms with E-state index in [4.69, 9.17) is 15.2 Å². The lowest BCUT2D eigenvalue weighted by atomic mass is 9.83. The van der Waals surface area contributed by atoms with E-state index in [1.54, 1.807) is 26.1 Å². The molecule has 0 saturated carbocycles. The molecule has 1 aromatic heterocycles. The zero-order valence-corrected chi connectivity index (χ0v) is 14.0. The van der Waals surface area contributed by atoms with E-state index in [1.807, 2.05) is 0 Å². The van der Waals surface area contributed by atoms with Crippen molar-refractivity contribution in [3.63, 3.8) is 0 Å². The van der Waals surface area contributed by atoms with Crippen molar-refractivity contribution in [1.29, 1.82) is 0 Å². The number of halogens is 1. The van der Waals surface area contributed by atoms with E-state index < -0.39 is 23.3 Å². The number of carbonyl (C=O) groups excluding carboxylic acids is 1. The van der Waals surface area contributed by atoms with Gasteiger partial charge < -0.3 is 19.8 Å². The van der Waals surface area contributed by atoms with Gasteiger partial charge in [-0.3, -0.25) is 4.79 Å². The number of nitrogens with two attached hydrogens (primary N) is 1. The maximum Gasteiger partial charge on any atom is 0.340 e. The van der Waals surface area contributed by atoms with Gasteiger partial charge in [0.25, 0.3) is 5.56 Å². The van der Waals surface area contributed by atoms with Crippen molar-refractivity contribution in [3.05, 3.63) is 74.8 Å². The third kappa shape index (κ3) is 2.57. The van der Waals surface area contributed by atoms with Crippen LogP contribution in [-0.2, 0) is 16.6 Å². The van der Waals surface area contributed by atoms with Crippen LogP contribution in [0.3, 0.4) is 0 Å². The van der Waals surface area contributed by atoms with E-state index in [0.29, 0.717) is 5.69 Å². The summed E-state index contributed by atoms with van der Waals surface area (Å²) in [7, 11) is 2.78. The van der Waals surface area contributed by atoms with Crippen LogP contribution in [-0.4, -0.2) is 17.6 Å². The monoisotopic (exact) mass is 344 g/mol. The van der Waals surface area contributed by atoms with Crippen LogP contribution in [0, 0.1) is 12.7 Å². The van der Waals surface area contributed by atoms with Crippen LogP contribution >= 0.6 is 0 Å². The highest BCUT2D eigenvalue weighted by Crippen LogP contribution is 2.41. The van der Waals surface area contributed by atoms with Crippen LogP contribution in [0.25, 0.3) is 0 Å². The lowest BCUT2D eigenvalue weighted by Crippen LogP contribution is -2.34. The number of rotatable bonds is 2. The quantitative estimate of drug-likeness (QED) is 0.839. The van der Waals surface area contributed by atoms with Crippen LogP contribution < -0.4 is 16.0 Å². The van der Waals surface area contributed by atoms with E-state index >= 15 is 0 Å². The number of esters is 1. The molecule has 0 unspecified atom stereocenters. The molecule has 1 aliphatic heterocycles. The zero-order valence-electron chi connectivity index (χ0n) is 14.0. The van der Waals surface area contributed by atoms with Gasteiger partial charge >= 0.3 is 5.97 Å². The molecule has 0 amide bonds. The molecule has 130 valence electrons.